The zero-order valence-corrected chi connectivity index (χ0v) is 22.8. The number of hydrogen-bond acceptors (Lipinski definition) is 9. The maximum atomic E-state index is 13.1. The van der Waals surface area contributed by atoms with E-state index in [1.807, 2.05) is 29.2 Å². The molecule has 4 aromatic rings. The van der Waals surface area contributed by atoms with Crippen molar-refractivity contribution in [3.63, 3.8) is 0 Å². The molecule has 39 heavy (non-hydrogen) atoms. The van der Waals surface area contributed by atoms with E-state index < -0.39 is 9.84 Å². The monoisotopic (exact) mass is 562 g/mol. The van der Waals surface area contributed by atoms with Crippen LogP contribution in [0, 0.1) is 0 Å². The minimum Gasteiger partial charge on any atom is -0.474 e. The van der Waals surface area contributed by atoms with Gasteiger partial charge in [-0.05, 0) is 42.8 Å². The largest absolute Gasteiger partial charge is 0.474 e. The van der Waals surface area contributed by atoms with Gasteiger partial charge in [-0.25, -0.2) is 23.1 Å². The first-order chi connectivity index (χ1) is 18.9. The summed E-state index contributed by atoms with van der Waals surface area (Å²) in [5.41, 5.74) is 2.24. The van der Waals surface area contributed by atoms with E-state index in [2.05, 4.69) is 20.1 Å². The number of thioether (sulfide) groups is 1. The van der Waals surface area contributed by atoms with Crippen LogP contribution in [-0.2, 0) is 14.6 Å². The summed E-state index contributed by atoms with van der Waals surface area (Å²) in [7, 11) is -3.29. The Balaban J connectivity index is 1.09. The highest BCUT2D eigenvalue weighted by Gasteiger charge is 2.31. The molecular weight excluding hydrogens is 536 g/mol. The van der Waals surface area contributed by atoms with Crippen molar-refractivity contribution in [3.05, 3.63) is 77.9 Å². The number of benzene rings is 1. The van der Waals surface area contributed by atoms with Crippen molar-refractivity contribution in [1.82, 2.24) is 29.6 Å². The number of fused-ring (bicyclic) bond motifs is 1. The molecule has 1 aromatic carbocycles. The number of carbonyl (C=O) groups excluding carboxylic acids is 1. The Labute approximate surface area is 230 Å². The lowest BCUT2D eigenvalue weighted by Gasteiger charge is -2.32. The predicted molar refractivity (Wildman–Crippen MR) is 147 cm³/mol. The van der Waals surface area contributed by atoms with Gasteiger partial charge in [0.05, 0.1) is 32.6 Å². The second-order valence-electron chi connectivity index (χ2n) is 9.51. The number of rotatable bonds is 6. The summed E-state index contributed by atoms with van der Waals surface area (Å²) in [5.74, 6) is 0.514. The third-order valence-corrected chi connectivity index (χ3v) is 9.30. The van der Waals surface area contributed by atoms with E-state index in [9.17, 15) is 13.2 Å². The number of amides is 1. The van der Waals surface area contributed by atoms with Gasteiger partial charge in [-0.3, -0.25) is 9.78 Å². The molecule has 1 saturated heterocycles. The van der Waals surface area contributed by atoms with Crippen LogP contribution in [0.1, 0.15) is 30.2 Å². The van der Waals surface area contributed by atoms with Gasteiger partial charge >= 0.3 is 0 Å². The average Bonchev–Trinajstić information content (AvgIpc) is 3.62. The average molecular weight is 563 g/mol. The molecule has 1 atom stereocenters. The van der Waals surface area contributed by atoms with Gasteiger partial charge in [0.1, 0.15) is 17.8 Å². The van der Waals surface area contributed by atoms with E-state index in [1.165, 1.54) is 12.6 Å². The molecule has 0 saturated carbocycles. The highest BCUT2D eigenvalue weighted by atomic mass is 32.2. The van der Waals surface area contributed by atoms with Crippen LogP contribution in [0.3, 0.4) is 0 Å². The Kier molecular flexibility index (Phi) is 6.81. The van der Waals surface area contributed by atoms with E-state index in [0.29, 0.717) is 48.5 Å². The fraction of sp³-hybridized carbons (Fsp3) is 0.296. The quantitative estimate of drug-likeness (QED) is 0.346. The molecule has 2 aliphatic rings. The first-order valence-corrected chi connectivity index (χ1v) is 15.4. The third kappa shape index (κ3) is 5.26. The molecule has 200 valence electrons. The molecule has 3 aromatic heterocycles. The van der Waals surface area contributed by atoms with E-state index >= 15 is 0 Å². The number of hydrogen-bond donors (Lipinski definition) is 0. The van der Waals surface area contributed by atoms with Gasteiger partial charge in [-0.2, -0.15) is 5.10 Å². The van der Waals surface area contributed by atoms with E-state index in [1.54, 1.807) is 53.1 Å². The molecule has 1 fully saturated rings. The van der Waals surface area contributed by atoms with Gasteiger partial charge in [0, 0.05) is 38.4 Å². The predicted octanol–water partition coefficient (Wildman–Crippen LogP) is 3.75. The number of nitrogens with zero attached hydrogens (tertiary/aromatic N) is 6. The normalized spacial score (nSPS) is 18.3. The number of likely N-dealkylation sites (tertiary alicyclic amines) is 1. The number of sulfone groups is 1. The third-order valence-electron chi connectivity index (χ3n) is 6.86. The molecule has 6 rings (SSSR count). The molecule has 0 aliphatic carbocycles. The highest BCUT2D eigenvalue weighted by Crippen LogP contribution is 2.43. The topological polar surface area (TPSA) is 120 Å². The Morgan fingerprint density at radius 3 is 2.56 bits per heavy atom. The number of piperidine rings is 1. The van der Waals surface area contributed by atoms with Gasteiger partial charge in [0.25, 0.3) is 5.91 Å². The maximum Gasteiger partial charge on any atom is 0.259 e. The van der Waals surface area contributed by atoms with Gasteiger partial charge in [-0.1, -0.05) is 12.1 Å². The zero-order valence-electron chi connectivity index (χ0n) is 21.2. The summed E-state index contributed by atoms with van der Waals surface area (Å²) in [4.78, 5) is 29.2. The minimum atomic E-state index is -3.29. The summed E-state index contributed by atoms with van der Waals surface area (Å²) < 4.78 is 31.4. The SMILES string of the molecule is CS(=O)(=O)c1ccc(-n2ncc3c(OC4CCN(C(=O)C5=CCC(c6ccccn6)S5)CC4)ncnc32)cc1. The first kappa shape index (κ1) is 25.5. The van der Waals surface area contributed by atoms with Crippen LogP contribution in [0.2, 0.25) is 0 Å². The standard InChI is InChI=1S/C27H26N6O4S2/c1-39(35,36)20-7-5-18(6-8-20)33-25-21(16-31-33)26(30-17-29-25)37-19-11-14-32(15-12-19)27(34)24-10-9-23(38-24)22-4-2-3-13-28-22/h2-8,10,13,16-17,19,23H,9,11-12,14-15H2,1H3. The Morgan fingerprint density at radius 2 is 1.85 bits per heavy atom. The molecular formula is C27H26N6O4S2. The molecule has 0 N–H and O–H groups in total. The Bertz CT molecular complexity index is 1650. The second-order valence-corrected chi connectivity index (χ2v) is 12.8. The number of pyridine rings is 1. The fourth-order valence-corrected chi connectivity index (χ4v) is 6.59. The van der Waals surface area contributed by atoms with E-state index in [-0.39, 0.29) is 22.2 Å². The lowest BCUT2D eigenvalue weighted by molar-refractivity contribution is -0.128. The summed E-state index contributed by atoms with van der Waals surface area (Å²) in [6.07, 6.45) is 10.2. The van der Waals surface area contributed by atoms with Crippen LogP contribution in [0.5, 0.6) is 5.88 Å². The molecule has 5 heterocycles. The first-order valence-electron chi connectivity index (χ1n) is 12.6. The summed E-state index contributed by atoms with van der Waals surface area (Å²) in [6, 6.07) is 12.3. The van der Waals surface area contributed by atoms with Crippen LogP contribution in [0.25, 0.3) is 16.7 Å². The van der Waals surface area contributed by atoms with Crippen molar-refractivity contribution in [3.8, 4) is 11.6 Å². The zero-order chi connectivity index (χ0) is 27.0. The van der Waals surface area contributed by atoms with Gasteiger partial charge in [0.2, 0.25) is 5.88 Å². The summed E-state index contributed by atoms with van der Waals surface area (Å²) >= 11 is 1.59. The van der Waals surface area contributed by atoms with Crippen molar-refractivity contribution in [2.75, 3.05) is 19.3 Å². The van der Waals surface area contributed by atoms with Crippen LogP contribution >= 0.6 is 11.8 Å². The van der Waals surface area contributed by atoms with Crippen LogP contribution < -0.4 is 4.74 Å². The van der Waals surface area contributed by atoms with Crippen molar-refractivity contribution in [1.29, 1.82) is 0 Å². The summed E-state index contributed by atoms with van der Waals surface area (Å²) in [6.45, 7) is 1.21. The van der Waals surface area contributed by atoms with Crippen molar-refractivity contribution >= 4 is 38.5 Å². The van der Waals surface area contributed by atoms with Gasteiger partial charge in [0.15, 0.2) is 15.5 Å². The Hall–Kier alpha value is -3.77. The van der Waals surface area contributed by atoms with Crippen LogP contribution in [0.4, 0.5) is 0 Å². The maximum absolute atomic E-state index is 13.1. The molecule has 1 unspecified atom stereocenters. The molecule has 1 amide bonds. The number of aromatic nitrogens is 5. The van der Waals surface area contributed by atoms with Crippen LogP contribution in [0.15, 0.2) is 77.1 Å². The van der Waals surface area contributed by atoms with Gasteiger partial charge in [-0.15, -0.1) is 11.8 Å². The number of ether oxygens (including phenoxy) is 1. The van der Waals surface area contributed by atoms with Crippen molar-refractivity contribution in [2.45, 2.75) is 35.5 Å². The molecule has 10 nitrogen and oxygen atoms in total. The number of carbonyl (C=O) groups is 1. The lowest BCUT2D eigenvalue weighted by atomic mass is 10.1. The highest BCUT2D eigenvalue weighted by molar-refractivity contribution is 8.04. The molecule has 12 heteroatoms. The fourth-order valence-electron chi connectivity index (χ4n) is 4.78. The smallest absolute Gasteiger partial charge is 0.259 e. The minimum absolute atomic E-state index is 0.0736. The van der Waals surface area contributed by atoms with Crippen molar-refractivity contribution < 1.29 is 17.9 Å². The second kappa shape index (κ2) is 10.4. The summed E-state index contributed by atoms with van der Waals surface area (Å²) in [5, 5.41) is 5.29. The molecule has 0 spiro atoms. The van der Waals surface area contributed by atoms with E-state index in [4.69, 9.17) is 4.74 Å². The van der Waals surface area contributed by atoms with Gasteiger partial charge < -0.3 is 9.64 Å². The lowest BCUT2D eigenvalue weighted by Crippen LogP contribution is -2.42. The Morgan fingerprint density at radius 1 is 1.05 bits per heavy atom. The molecule has 0 bridgehead atoms. The molecule has 2 aliphatic heterocycles. The van der Waals surface area contributed by atoms with Crippen LogP contribution in [-0.4, -0.2) is 69.4 Å². The molecule has 0 radical (unpaired) electrons. The number of allylic oxidation sites excluding steroid dienone is 1. The van der Waals surface area contributed by atoms with Crippen molar-refractivity contribution in [2.24, 2.45) is 0 Å². The van der Waals surface area contributed by atoms with E-state index in [0.717, 1.165) is 17.0 Å².